The number of hydrogen-bond donors (Lipinski definition) is 1. The van der Waals surface area contributed by atoms with Gasteiger partial charge in [-0.2, -0.15) is 0 Å². The molecular formula is C26H27N3O3. The Morgan fingerprint density at radius 2 is 1.78 bits per heavy atom. The maximum atomic E-state index is 13.3. The maximum Gasteiger partial charge on any atom is 0.326 e. The van der Waals surface area contributed by atoms with Crippen LogP contribution in [0, 0.1) is 0 Å². The summed E-state index contributed by atoms with van der Waals surface area (Å²) in [4.78, 5) is 29.4. The van der Waals surface area contributed by atoms with Crippen molar-refractivity contribution in [2.45, 2.75) is 32.7 Å². The van der Waals surface area contributed by atoms with Crippen LogP contribution >= 0.6 is 0 Å². The van der Waals surface area contributed by atoms with Gasteiger partial charge >= 0.3 is 6.03 Å². The molecule has 3 aromatic rings. The Balaban J connectivity index is 1.72. The van der Waals surface area contributed by atoms with Crippen molar-refractivity contribution in [3.8, 4) is 5.75 Å². The molecule has 1 N–H and O–H groups in total. The predicted molar refractivity (Wildman–Crippen MR) is 128 cm³/mol. The first kappa shape index (κ1) is 21.4. The Labute approximate surface area is 188 Å². The maximum absolute atomic E-state index is 13.3. The zero-order chi connectivity index (χ0) is 22.7. The van der Waals surface area contributed by atoms with Gasteiger partial charge in [-0.05, 0) is 56.2 Å². The van der Waals surface area contributed by atoms with Crippen LogP contribution in [0.5, 0.6) is 5.75 Å². The van der Waals surface area contributed by atoms with E-state index in [2.05, 4.69) is 5.32 Å². The third kappa shape index (κ3) is 4.17. The Hall–Kier alpha value is -3.80. The molecule has 164 valence electrons. The number of nitrogens with zero attached hydrogens (tertiary/aromatic N) is 2. The topological polar surface area (TPSA) is 61.9 Å². The van der Waals surface area contributed by atoms with Crippen molar-refractivity contribution in [3.63, 3.8) is 0 Å². The van der Waals surface area contributed by atoms with Gasteiger partial charge in [-0.25, -0.2) is 4.79 Å². The van der Waals surface area contributed by atoms with Crippen LogP contribution in [0.3, 0.4) is 0 Å². The Bertz CT molecular complexity index is 1130. The zero-order valence-electron chi connectivity index (χ0n) is 18.5. The lowest BCUT2D eigenvalue weighted by Gasteiger charge is -2.37. The first-order chi connectivity index (χ1) is 15.5. The molecule has 0 radical (unpaired) electrons. The van der Waals surface area contributed by atoms with Gasteiger partial charge in [0.15, 0.2) is 0 Å². The fraction of sp³-hybridized carbons (Fsp3) is 0.231. The second-order valence-corrected chi connectivity index (χ2v) is 7.88. The number of methoxy groups -OCH3 is 1. The van der Waals surface area contributed by atoms with Gasteiger partial charge in [0, 0.05) is 36.0 Å². The molecule has 3 amide bonds. The van der Waals surface area contributed by atoms with Gasteiger partial charge in [0.2, 0.25) is 5.91 Å². The molecule has 0 saturated carbocycles. The number of para-hydroxylation sites is 1. The number of fused-ring (bicyclic) bond motifs is 1. The van der Waals surface area contributed by atoms with E-state index in [0.717, 1.165) is 35.5 Å². The molecule has 1 heterocycles. The normalized spacial score (nSPS) is 15.0. The highest BCUT2D eigenvalue weighted by atomic mass is 16.5. The van der Waals surface area contributed by atoms with E-state index < -0.39 is 0 Å². The van der Waals surface area contributed by atoms with Crippen LogP contribution in [0.15, 0.2) is 72.8 Å². The number of carbonyl (C=O) groups excluding carboxylic acids is 2. The van der Waals surface area contributed by atoms with Gasteiger partial charge in [-0.1, -0.05) is 30.3 Å². The molecular weight excluding hydrogens is 402 g/mol. The highest BCUT2D eigenvalue weighted by Gasteiger charge is 2.31. The molecule has 6 heteroatoms. The van der Waals surface area contributed by atoms with E-state index in [0.29, 0.717) is 11.4 Å². The van der Waals surface area contributed by atoms with E-state index in [1.165, 1.54) is 0 Å². The minimum Gasteiger partial charge on any atom is -0.497 e. The quantitative estimate of drug-likeness (QED) is 0.574. The molecule has 0 aliphatic carbocycles. The lowest BCUT2D eigenvalue weighted by molar-refractivity contribution is -0.115. The van der Waals surface area contributed by atoms with Crippen LogP contribution in [-0.2, 0) is 11.2 Å². The van der Waals surface area contributed by atoms with E-state index >= 15 is 0 Å². The monoisotopic (exact) mass is 429 g/mol. The third-order valence-corrected chi connectivity index (χ3v) is 5.75. The number of rotatable bonds is 4. The van der Waals surface area contributed by atoms with Crippen LogP contribution in [0.4, 0.5) is 27.5 Å². The van der Waals surface area contributed by atoms with E-state index in [1.54, 1.807) is 29.9 Å². The Kier molecular flexibility index (Phi) is 6.12. The molecule has 6 nitrogen and oxygen atoms in total. The van der Waals surface area contributed by atoms with Gasteiger partial charge in [0.05, 0.1) is 18.5 Å². The van der Waals surface area contributed by atoms with Crippen LogP contribution in [0.2, 0.25) is 0 Å². The first-order valence-electron chi connectivity index (χ1n) is 10.7. The van der Waals surface area contributed by atoms with Crippen molar-refractivity contribution in [2.24, 2.45) is 0 Å². The molecule has 3 aromatic carbocycles. The molecule has 32 heavy (non-hydrogen) atoms. The number of urea groups is 1. The SMILES string of the molecule is COc1cccc(NC(=O)N2c3cccc(N(C(C)=O)c4ccccc4)c3CCC2C)c1. The summed E-state index contributed by atoms with van der Waals surface area (Å²) in [5.41, 5.74) is 4.10. The fourth-order valence-corrected chi connectivity index (χ4v) is 4.24. The third-order valence-electron chi connectivity index (χ3n) is 5.75. The van der Waals surface area contributed by atoms with Gasteiger partial charge in [0.25, 0.3) is 0 Å². The predicted octanol–water partition coefficient (Wildman–Crippen LogP) is 5.75. The highest BCUT2D eigenvalue weighted by molar-refractivity contribution is 6.05. The van der Waals surface area contributed by atoms with Crippen molar-refractivity contribution in [3.05, 3.63) is 78.4 Å². The van der Waals surface area contributed by atoms with Crippen molar-refractivity contribution in [1.82, 2.24) is 0 Å². The summed E-state index contributed by atoms with van der Waals surface area (Å²) >= 11 is 0. The number of hydrogen-bond acceptors (Lipinski definition) is 3. The Morgan fingerprint density at radius 3 is 2.50 bits per heavy atom. The van der Waals surface area contributed by atoms with Crippen molar-refractivity contribution in [1.29, 1.82) is 0 Å². The molecule has 0 fully saturated rings. The number of carbonyl (C=O) groups is 2. The lowest BCUT2D eigenvalue weighted by Crippen LogP contribution is -2.45. The van der Waals surface area contributed by atoms with Crippen molar-refractivity contribution >= 4 is 34.7 Å². The summed E-state index contributed by atoms with van der Waals surface area (Å²) in [5, 5.41) is 2.99. The zero-order valence-corrected chi connectivity index (χ0v) is 18.5. The second-order valence-electron chi connectivity index (χ2n) is 7.88. The summed E-state index contributed by atoms with van der Waals surface area (Å²) in [6, 6.07) is 22.5. The molecule has 4 rings (SSSR count). The number of amides is 3. The molecule has 0 bridgehead atoms. The molecule has 1 atom stereocenters. The molecule has 0 aromatic heterocycles. The van der Waals surface area contributed by atoms with Crippen LogP contribution in [0.25, 0.3) is 0 Å². The van der Waals surface area contributed by atoms with Crippen molar-refractivity contribution in [2.75, 3.05) is 22.2 Å². The largest absolute Gasteiger partial charge is 0.497 e. The minimum atomic E-state index is -0.210. The van der Waals surface area contributed by atoms with Gasteiger partial charge < -0.3 is 10.1 Å². The van der Waals surface area contributed by atoms with Gasteiger partial charge in [-0.3, -0.25) is 14.6 Å². The standard InChI is InChI=1S/C26H27N3O3/c1-18-15-16-23-24(28(18)26(31)27-20-9-7-12-22(17-20)32-3)13-8-14-25(23)29(19(2)30)21-10-5-4-6-11-21/h4-14,17-18H,15-16H2,1-3H3,(H,27,31). The van der Waals surface area contributed by atoms with E-state index in [4.69, 9.17) is 4.74 Å². The minimum absolute atomic E-state index is 0.0193. The summed E-state index contributed by atoms with van der Waals surface area (Å²) in [6.45, 7) is 3.60. The van der Waals surface area contributed by atoms with Gasteiger partial charge in [-0.15, -0.1) is 0 Å². The summed E-state index contributed by atoms with van der Waals surface area (Å²) in [6.07, 6.45) is 1.59. The summed E-state index contributed by atoms with van der Waals surface area (Å²) in [7, 11) is 1.60. The second kappa shape index (κ2) is 9.14. The number of nitrogens with one attached hydrogen (secondary N) is 1. The Morgan fingerprint density at radius 1 is 1.03 bits per heavy atom. The van der Waals surface area contributed by atoms with Crippen LogP contribution < -0.4 is 19.9 Å². The fourth-order valence-electron chi connectivity index (χ4n) is 4.24. The summed E-state index contributed by atoms with van der Waals surface area (Å²) < 4.78 is 5.26. The van der Waals surface area contributed by atoms with E-state index in [9.17, 15) is 9.59 Å². The molecule has 1 aliphatic rings. The van der Waals surface area contributed by atoms with E-state index in [1.807, 2.05) is 73.7 Å². The molecule has 1 unspecified atom stereocenters. The molecule has 0 saturated heterocycles. The van der Waals surface area contributed by atoms with Crippen LogP contribution in [-0.4, -0.2) is 25.1 Å². The molecule has 0 spiro atoms. The highest BCUT2D eigenvalue weighted by Crippen LogP contribution is 2.40. The number of ether oxygens (including phenoxy) is 1. The number of anilines is 4. The van der Waals surface area contributed by atoms with E-state index in [-0.39, 0.29) is 18.0 Å². The average molecular weight is 430 g/mol. The smallest absolute Gasteiger partial charge is 0.326 e. The molecule has 1 aliphatic heterocycles. The van der Waals surface area contributed by atoms with Crippen molar-refractivity contribution < 1.29 is 14.3 Å². The summed E-state index contributed by atoms with van der Waals surface area (Å²) in [5.74, 6) is 0.604. The first-order valence-corrected chi connectivity index (χ1v) is 10.7. The number of benzene rings is 3. The van der Waals surface area contributed by atoms with Crippen LogP contribution in [0.1, 0.15) is 25.8 Å². The average Bonchev–Trinajstić information content (AvgIpc) is 2.79. The lowest BCUT2D eigenvalue weighted by atomic mass is 9.94. The van der Waals surface area contributed by atoms with Gasteiger partial charge in [0.1, 0.15) is 5.75 Å².